The highest BCUT2D eigenvalue weighted by Crippen LogP contribution is 2.32. The summed E-state index contributed by atoms with van der Waals surface area (Å²) in [6.07, 6.45) is -4.43. The number of fused-ring (bicyclic) bond motifs is 1. The Hall–Kier alpha value is -2.79. The molecule has 11 heteroatoms. The molecule has 0 aliphatic carbocycles. The smallest absolute Gasteiger partial charge is 0.369 e. The van der Waals surface area contributed by atoms with Crippen molar-refractivity contribution in [2.24, 2.45) is 0 Å². The second-order valence-electron chi connectivity index (χ2n) is 7.86. The molecular weight excluding hydrogens is 457 g/mol. The third-order valence-electron chi connectivity index (χ3n) is 6.04. The van der Waals surface area contributed by atoms with Gasteiger partial charge in [0, 0.05) is 45.0 Å². The van der Waals surface area contributed by atoms with Crippen molar-refractivity contribution in [3.8, 4) is 0 Å². The minimum Gasteiger partial charge on any atom is -0.369 e. The second kappa shape index (κ2) is 8.53. The highest BCUT2D eigenvalue weighted by atomic mass is 32.2. The minimum absolute atomic E-state index is 0.0953. The summed E-state index contributed by atoms with van der Waals surface area (Å²) in [6, 6.07) is 9.73. The monoisotopic (exact) mass is 482 g/mol. The number of hydrogen-bond acceptors (Lipinski definition) is 4. The quantitative estimate of drug-likeness (QED) is 0.559. The van der Waals surface area contributed by atoms with Crippen LogP contribution in [0.4, 0.5) is 18.9 Å². The molecule has 2 heterocycles. The van der Waals surface area contributed by atoms with Crippen molar-refractivity contribution in [1.82, 2.24) is 13.4 Å². The zero-order valence-corrected chi connectivity index (χ0v) is 19.2. The number of imidazole rings is 1. The molecule has 1 saturated heterocycles. The van der Waals surface area contributed by atoms with Crippen molar-refractivity contribution in [1.29, 1.82) is 0 Å². The van der Waals surface area contributed by atoms with Gasteiger partial charge in [-0.15, -0.1) is 0 Å². The van der Waals surface area contributed by atoms with E-state index in [1.165, 1.54) is 22.5 Å². The van der Waals surface area contributed by atoms with Crippen LogP contribution >= 0.6 is 0 Å². The molecule has 0 amide bonds. The van der Waals surface area contributed by atoms with Crippen LogP contribution < -0.4 is 10.6 Å². The topological polar surface area (TPSA) is 67.5 Å². The molecule has 178 valence electrons. The van der Waals surface area contributed by atoms with Gasteiger partial charge in [0.2, 0.25) is 10.0 Å². The molecule has 0 radical (unpaired) electrons. The third kappa shape index (κ3) is 4.15. The van der Waals surface area contributed by atoms with Gasteiger partial charge < -0.3 is 4.90 Å². The van der Waals surface area contributed by atoms with Crippen LogP contribution in [0.1, 0.15) is 19.4 Å². The number of nitrogens with zero attached hydrogens (tertiary/aromatic N) is 4. The first-order valence-corrected chi connectivity index (χ1v) is 12.2. The average molecular weight is 483 g/mol. The summed E-state index contributed by atoms with van der Waals surface area (Å²) >= 11 is 0. The van der Waals surface area contributed by atoms with E-state index in [1.54, 1.807) is 26.2 Å². The fourth-order valence-corrected chi connectivity index (χ4v) is 5.73. The minimum atomic E-state index is -4.43. The third-order valence-corrected chi connectivity index (χ3v) is 7.93. The summed E-state index contributed by atoms with van der Waals surface area (Å²) in [5, 5.41) is 0. The number of aryl methyl sites for hydroxylation is 2. The number of hydrogen-bond donors (Lipinski definition) is 0. The van der Waals surface area contributed by atoms with Crippen LogP contribution in [-0.2, 0) is 29.3 Å². The van der Waals surface area contributed by atoms with Gasteiger partial charge >= 0.3 is 11.9 Å². The highest BCUT2D eigenvalue weighted by molar-refractivity contribution is 7.89. The maximum atomic E-state index is 13.3. The predicted octanol–water partition coefficient (Wildman–Crippen LogP) is 3.37. The zero-order valence-electron chi connectivity index (χ0n) is 18.3. The van der Waals surface area contributed by atoms with E-state index < -0.39 is 21.8 Å². The van der Waals surface area contributed by atoms with E-state index in [9.17, 15) is 26.4 Å². The van der Waals surface area contributed by atoms with Crippen LogP contribution in [0, 0.1) is 0 Å². The van der Waals surface area contributed by atoms with E-state index in [4.69, 9.17) is 0 Å². The molecule has 7 nitrogen and oxygen atoms in total. The van der Waals surface area contributed by atoms with E-state index in [0.717, 1.165) is 12.1 Å². The summed E-state index contributed by atoms with van der Waals surface area (Å²) < 4.78 is 70.1. The lowest BCUT2D eigenvalue weighted by Crippen LogP contribution is -2.48. The molecular formula is C22H25F3N4O3S. The van der Waals surface area contributed by atoms with Gasteiger partial charge in [-0.2, -0.15) is 17.5 Å². The number of alkyl halides is 3. The number of halogens is 3. The van der Waals surface area contributed by atoms with Gasteiger partial charge in [0.15, 0.2) is 0 Å². The lowest BCUT2D eigenvalue weighted by molar-refractivity contribution is -0.137. The maximum Gasteiger partial charge on any atom is 0.416 e. The Morgan fingerprint density at radius 1 is 0.879 bits per heavy atom. The molecule has 3 aromatic rings. The second-order valence-corrected chi connectivity index (χ2v) is 9.80. The molecule has 0 atom stereocenters. The number of anilines is 1. The van der Waals surface area contributed by atoms with Crippen molar-refractivity contribution < 1.29 is 21.6 Å². The van der Waals surface area contributed by atoms with Crippen molar-refractivity contribution in [3.63, 3.8) is 0 Å². The fourth-order valence-electron chi connectivity index (χ4n) is 4.29. The van der Waals surface area contributed by atoms with Gasteiger partial charge in [-0.1, -0.05) is 6.07 Å². The maximum absolute atomic E-state index is 13.3. The molecule has 1 aromatic heterocycles. The molecule has 2 aromatic carbocycles. The predicted molar refractivity (Wildman–Crippen MR) is 120 cm³/mol. The molecule has 0 spiro atoms. The first-order valence-electron chi connectivity index (χ1n) is 10.7. The Morgan fingerprint density at radius 2 is 1.52 bits per heavy atom. The van der Waals surface area contributed by atoms with Crippen LogP contribution in [0.15, 0.2) is 52.2 Å². The van der Waals surface area contributed by atoms with Gasteiger partial charge in [0.25, 0.3) is 0 Å². The molecule has 33 heavy (non-hydrogen) atoms. The van der Waals surface area contributed by atoms with Crippen LogP contribution in [-0.4, -0.2) is 48.0 Å². The lowest BCUT2D eigenvalue weighted by atomic mass is 10.1. The summed E-state index contributed by atoms with van der Waals surface area (Å²) in [4.78, 5) is 14.4. The Kier molecular flexibility index (Phi) is 6.04. The van der Waals surface area contributed by atoms with E-state index >= 15 is 0 Å². The molecule has 1 aliphatic rings. The van der Waals surface area contributed by atoms with E-state index in [-0.39, 0.29) is 36.8 Å². The molecule has 0 saturated carbocycles. The number of piperazine rings is 1. The summed E-state index contributed by atoms with van der Waals surface area (Å²) in [5.41, 5.74) is 0.741. The Balaban J connectivity index is 1.57. The van der Waals surface area contributed by atoms with E-state index in [0.29, 0.717) is 29.8 Å². The van der Waals surface area contributed by atoms with Crippen LogP contribution in [0.5, 0.6) is 0 Å². The van der Waals surface area contributed by atoms with Gasteiger partial charge in [0.1, 0.15) is 0 Å². The molecule has 1 fully saturated rings. The highest BCUT2D eigenvalue weighted by Gasteiger charge is 2.32. The SMILES string of the molecule is CCn1c(=O)n(CC)c2cc(S(=O)(=O)N3CCN(c4cccc(C(F)(F)F)c4)CC3)ccc21. The average Bonchev–Trinajstić information content (AvgIpc) is 3.08. The Labute approximate surface area is 189 Å². The van der Waals surface area contributed by atoms with Gasteiger partial charge in [-0.3, -0.25) is 9.13 Å². The van der Waals surface area contributed by atoms with Crippen molar-refractivity contribution in [2.45, 2.75) is 38.0 Å². The Morgan fingerprint density at radius 3 is 2.12 bits per heavy atom. The van der Waals surface area contributed by atoms with Gasteiger partial charge in [-0.05, 0) is 50.2 Å². The number of benzene rings is 2. The molecule has 1 aliphatic heterocycles. The lowest BCUT2D eigenvalue weighted by Gasteiger charge is -2.35. The van der Waals surface area contributed by atoms with Gasteiger partial charge in [0.05, 0.1) is 21.5 Å². The summed E-state index contributed by atoms with van der Waals surface area (Å²) in [5.74, 6) is 0. The van der Waals surface area contributed by atoms with Crippen LogP contribution in [0.2, 0.25) is 0 Å². The first-order chi connectivity index (χ1) is 15.6. The molecule has 0 bridgehead atoms. The summed E-state index contributed by atoms with van der Waals surface area (Å²) in [6.45, 7) is 5.42. The fraction of sp³-hybridized carbons (Fsp3) is 0.409. The van der Waals surface area contributed by atoms with Gasteiger partial charge in [-0.25, -0.2) is 13.2 Å². The Bertz CT molecular complexity index is 1340. The van der Waals surface area contributed by atoms with Crippen molar-refractivity contribution in [3.05, 3.63) is 58.5 Å². The standard InChI is InChI=1S/C22H25F3N4O3S/c1-3-28-19-9-8-18(15-20(19)29(4-2)21(28)30)33(31,32)27-12-10-26(11-13-27)17-7-5-6-16(14-17)22(23,24)25/h5-9,14-15H,3-4,10-13H2,1-2H3. The number of rotatable bonds is 5. The number of aromatic nitrogens is 2. The van der Waals surface area contributed by atoms with Crippen molar-refractivity contribution >= 4 is 26.7 Å². The van der Waals surface area contributed by atoms with Crippen LogP contribution in [0.3, 0.4) is 0 Å². The zero-order chi connectivity index (χ0) is 24.0. The normalized spacial score (nSPS) is 16.0. The molecule has 4 rings (SSSR count). The van der Waals surface area contributed by atoms with E-state index in [1.807, 2.05) is 13.8 Å². The first kappa shape index (κ1) is 23.4. The number of sulfonamides is 1. The largest absolute Gasteiger partial charge is 0.416 e. The van der Waals surface area contributed by atoms with E-state index in [2.05, 4.69) is 0 Å². The molecule has 0 unspecified atom stereocenters. The van der Waals surface area contributed by atoms with Crippen molar-refractivity contribution in [2.75, 3.05) is 31.1 Å². The van der Waals surface area contributed by atoms with Crippen LogP contribution in [0.25, 0.3) is 11.0 Å². The summed E-state index contributed by atoms with van der Waals surface area (Å²) in [7, 11) is -3.82. The molecule has 0 N–H and O–H groups in total.